The van der Waals surface area contributed by atoms with Gasteiger partial charge in [0.2, 0.25) is 0 Å². The van der Waals surface area contributed by atoms with E-state index in [0.717, 1.165) is 33.9 Å². The second-order valence-corrected chi connectivity index (χ2v) is 11.0. The van der Waals surface area contributed by atoms with E-state index in [2.05, 4.69) is 38.4 Å². The predicted molar refractivity (Wildman–Crippen MR) is 116 cm³/mol. The van der Waals surface area contributed by atoms with E-state index in [0.29, 0.717) is 10.0 Å². The Bertz CT molecular complexity index is 727. The Morgan fingerprint density at radius 2 is 1.12 bits per heavy atom. The van der Waals surface area contributed by atoms with Crippen molar-refractivity contribution in [3.8, 4) is 0 Å². The molecular weight excluding hydrogens is 534 g/mol. The number of hydrogen-bond donors (Lipinski definition) is 0. The van der Waals surface area contributed by atoms with Gasteiger partial charge in [0.05, 0.1) is 22.8 Å². The molecular formula is C18H18Br2Cl2N2Ni. The van der Waals surface area contributed by atoms with Gasteiger partial charge in [-0.05, 0) is 63.1 Å². The van der Waals surface area contributed by atoms with Gasteiger partial charge in [-0.3, -0.25) is 9.98 Å². The number of benzene rings is 2. The van der Waals surface area contributed by atoms with Gasteiger partial charge in [0.25, 0.3) is 0 Å². The van der Waals surface area contributed by atoms with Gasteiger partial charge in [0, 0.05) is 10.0 Å². The van der Waals surface area contributed by atoms with Crippen LogP contribution in [0.25, 0.3) is 0 Å². The number of rotatable bonds is 3. The molecule has 0 aliphatic carbocycles. The first kappa shape index (κ1) is 22.9. The van der Waals surface area contributed by atoms with Crippen LogP contribution in [0.1, 0.15) is 25.0 Å². The fraction of sp³-hybridized carbons (Fsp3) is 0.222. The molecule has 0 saturated carbocycles. The third-order valence-corrected chi connectivity index (χ3v) is 4.40. The average molecular weight is 552 g/mol. The third kappa shape index (κ3) is 7.15. The summed E-state index contributed by atoms with van der Waals surface area (Å²) < 4.78 is 0. The summed E-state index contributed by atoms with van der Waals surface area (Å²) in [6.07, 6.45) is 0. The third-order valence-electron chi connectivity index (χ3n) is 3.58. The standard InChI is InChI=1S/C18H18Cl2N2.2BrH.Ni/c1-11-15(19)7-5-9-17(11)21-13(3)14(4)22-18-10-6-8-16(20)12(18)2;;;/h5-10H,1-4H3;2*1H;/q;;;+2/p-2. The SMILES string of the molecule is CC(=Nc1cccc(Cl)c1C)C(C)=Nc1cccc(Cl)c1C.[Br][Ni][Br]. The maximum atomic E-state index is 6.13. The first-order valence-corrected chi connectivity index (χ1v) is 12.9. The molecule has 7 heteroatoms. The van der Waals surface area contributed by atoms with Gasteiger partial charge in [0.15, 0.2) is 0 Å². The topological polar surface area (TPSA) is 24.7 Å². The summed E-state index contributed by atoms with van der Waals surface area (Å²) in [6, 6.07) is 11.4. The molecule has 2 aromatic rings. The zero-order valence-electron chi connectivity index (χ0n) is 14.2. The van der Waals surface area contributed by atoms with Crippen LogP contribution >= 0.6 is 51.7 Å². The van der Waals surface area contributed by atoms with Crippen molar-refractivity contribution in [3.05, 3.63) is 57.6 Å². The minimum atomic E-state index is 0.717. The summed E-state index contributed by atoms with van der Waals surface area (Å²) >= 11 is 18.3. The molecule has 0 fully saturated rings. The maximum absolute atomic E-state index is 6.13. The second-order valence-electron chi connectivity index (χ2n) is 5.21. The van der Waals surface area contributed by atoms with Crippen LogP contribution in [0.4, 0.5) is 11.4 Å². The molecule has 0 saturated heterocycles. The summed E-state index contributed by atoms with van der Waals surface area (Å²) in [5, 5.41) is 1.43. The van der Waals surface area contributed by atoms with Crippen LogP contribution in [0.15, 0.2) is 46.4 Å². The van der Waals surface area contributed by atoms with Crippen molar-refractivity contribution < 1.29 is 10.9 Å². The monoisotopic (exact) mass is 548 g/mol. The molecule has 2 nitrogen and oxygen atoms in total. The summed E-state index contributed by atoms with van der Waals surface area (Å²) in [7, 11) is 1.25. The molecule has 138 valence electrons. The van der Waals surface area contributed by atoms with Crippen LogP contribution in [0.3, 0.4) is 0 Å². The van der Waals surface area contributed by atoms with Gasteiger partial charge in [-0.2, -0.15) is 0 Å². The molecule has 2 aromatic carbocycles. The number of nitrogens with zero attached hydrogens (tertiary/aromatic N) is 2. The van der Waals surface area contributed by atoms with Crippen molar-refractivity contribution in [1.82, 2.24) is 0 Å². The first-order valence-electron chi connectivity index (χ1n) is 7.25. The van der Waals surface area contributed by atoms with E-state index in [9.17, 15) is 0 Å². The van der Waals surface area contributed by atoms with Crippen molar-refractivity contribution >= 4 is 74.5 Å². The molecule has 0 radical (unpaired) electrons. The van der Waals surface area contributed by atoms with Crippen molar-refractivity contribution in [3.63, 3.8) is 0 Å². The molecule has 0 aliphatic rings. The molecule has 0 N–H and O–H groups in total. The fourth-order valence-corrected chi connectivity index (χ4v) is 2.30. The Balaban J connectivity index is 0.000000970. The number of halogens is 4. The van der Waals surface area contributed by atoms with E-state index in [1.807, 2.05) is 64.1 Å². The van der Waals surface area contributed by atoms with Crippen LogP contribution in [0, 0.1) is 13.8 Å². The Hall–Kier alpha value is -0.186. The van der Waals surface area contributed by atoms with Crippen LogP contribution in [0.5, 0.6) is 0 Å². The molecule has 25 heavy (non-hydrogen) atoms. The molecule has 0 unspecified atom stereocenters. The van der Waals surface area contributed by atoms with Crippen molar-refractivity contribution in [2.45, 2.75) is 27.7 Å². The van der Waals surface area contributed by atoms with Gasteiger partial charge in [-0.1, -0.05) is 35.3 Å². The van der Waals surface area contributed by atoms with Crippen LogP contribution in [-0.4, -0.2) is 11.4 Å². The van der Waals surface area contributed by atoms with Crippen molar-refractivity contribution in [1.29, 1.82) is 0 Å². The molecule has 0 aromatic heterocycles. The van der Waals surface area contributed by atoms with E-state index in [1.165, 1.54) is 10.9 Å². The van der Waals surface area contributed by atoms with Gasteiger partial charge >= 0.3 is 39.3 Å². The molecule has 0 amide bonds. The second kappa shape index (κ2) is 11.5. The number of hydrogen-bond acceptors (Lipinski definition) is 2. The average Bonchev–Trinajstić information content (AvgIpc) is 2.56. The van der Waals surface area contributed by atoms with E-state index in [1.54, 1.807) is 0 Å². The van der Waals surface area contributed by atoms with E-state index >= 15 is 0 Å². The quantitative estimate of drug-likeness (QED) is 0.271. The van der Waals surface area contributed by atoms with Gasteiger partial charge < -0.3 is 0 Å². The van der Waals surface area contributed by atoms with E-state index in [-0.39, 0.29) is 0 Å². The summed E-state index contributed by atoms with van der Waals surface area (Å²) in [4.78, 5) is 9.27. The molecule has 0 aliphatic heterocycles. The van der Waals surface area contributed by atoms with Crippen LogP contribution < -0.4 is 0 Å². The van der Waals surface area contributed by atoms with Crippen molar-refractivity contribution in [2.75, 3.05) is 0 Å². The van der Waals surface area contributed by atoms with Crippen LogP contribution in [0.2, 0.25) is 10.0 Å². The first-order chi connectivity index (χ1) is 11.8. The van der Waals surface area contributed by atoms with Crippen molar-refractivity contribution in [2.24, 2.45) is 9.98 Å². The molecule has 0 heterocycles. The Morgan fingerprint density at radius 1 is 0.800 bits per heavy atom. The number of aliphatic imine (C=N–C) groups is 2. The zero-order valence-corrected chi connectivity index (χ0v) is 19.9. The predicted octanol–water partition coefficient (Wildman–Crippen LogP) is 8.18. The molecule has 2 rings (SSSR count). The van der Waals surface area contributed by atoms with Gasteiger partial charge in [0.1, 0.15) is 0 Å². The zero-order chi connectivity index (χ0) is 19.0. The van der Waals surface area contributed by atoms with E-state index < -0.39 is 0 Å². The fourth-order valence-electron chi connectivity index (χ4n) is 1.96. The Labute approximate surface area is 179 Å². The normalized spacial score (nSPS) is 12.0. The summed E-state index contributed by atoms with van der Waals surface area (Å²) in [5.41, 5.74) is 5.37. The molecule has 0 spiro atoms. The van der Waals surface area contributed by atoms with Crippen LogP contribution in [-0.2, 0) is 10.9 Å². The molecule has 0 atom stereocenters. The van der Waals surface area contributed by atoms with Gasteiger partial charge in [-0.25, -0.2) is 0 Å². The molecule has 0 bridgehead atoms. The minimum absolute atomic E-state index is 0.717. The summed E-state index contributed by atoms with van der Waals surface area (Å²) in [5.74, 6) is 0. The van der Waals surface area contributed by atoms with E-state index in [4.69, 9.17) is 23.2 Å². The van der Waals surface area contributed by atoms with Gasteiger partial charge in [-0.15, -0.1) is 0 Å². The Kier molecular flexibility index (Phi) is 10.5. The Morgan fingerprint density at radius 3 is 1.44 bits per heavy atom. The summed E-state index contributed by atoms with van der Waals surface area (Å²) in [6.45, 7) is 7.81.